The molecule has 20 heteroatoms. The van der Waals surface area contributed by atoms with Gasteiger partial charge in [-0.25, -0.2) is 0 Å². The highest BCUT2D eigenvalue weighted by molar-refractivity contribution is 8.26. The van der Waals surface area contributed by atoms with Crippen LogP contribution >= 0.6 is 0 Å². The molecule has 0 spiro atoms. The fraction of sp³-hybridized carbons (Fsp3) is 1.00. The first-order valence-corrected chi connectivity index (χ1v) is 5.78. The fourth-order valence-corrected chi connectivity index (χ4v) is 0. The largest absolute Gasteiger partial charge is 1.00 e. The summed E-state index contributed by atoms with van der Waals surface area (Å²) in [5.41, 5.74) is 0. The molecule has 0 bridgehead atoms. The minimum Gasteiger partial charge on any atom is -1.00 e. The zero-order valence-electron chi connectivity index (χ0n) is 14.3. The summed E-state index contributed by atoms with van der Waals surface area (Å²) in [6, 6.07) is 0. The second kappa shape index (κ2) is 93.5. The van der Waals surface area contributed by atoms with Crippen LogP contribution in [0.2, 0.25) is 0 Å². The Bertz CT molecular complexity index is 168. The first kappa shape index (κ1) is 89.3. The normalized spacial score (nSPS) is 5.09. The average Bonchev–Trinajstić information content (AvgIpc) is 1.86. The van der Waals surface area contributed by atoms with Crippen LogP contribution in [0, 0.1) is 34.0 Å². The molecule has 0 aromatic rings. The predicted octanol–water partition coefficient (Wildman–Crippen LogP) is -17.7. The zero-order valence-corrected chi connectivity index (χ0v) is 14.4. The van der Waals surface area contributed by atoms with E-state index in [0.717, 1.165) is 0 Å². The fourth-order valence-electron chi connectivity index (χ4n) is 0. The van der Waals surface area contributed by atoms with E-state index in [4.69, 9.17) is 41.3 Å². The first-order chi connectivity index (χ1) is 6.24. The lowest BCUT2D eigenvalue weighted by Crippen LogP contribution is -3.00. The van der Waals surface area contributed by atoms with Gasteiger partial charge in [0.15, 0.2) is 0 Å². The molecule has 156 valence electrons. The van der Waals surface area contributed by atoms with Crippen LogP contribution in [0.25, 0.3) is 0 Å². The predicted molar refractivity (Wildman–Crippen MR) is 48.0 cm³/mol. The third-order valence-electron chi connectivity index (χ3n) is 0. The summed E-state index contributed by atoms with van der Waals surface area (Å²) in [6.07, 6.45) is 0. The van der Waals surface area contributed by atoms with E-state index in [1.54, 1.807) is 0 Å². The van der Waals surface area contributed by atoms with Crippen LogP contribution in [-0.2, 0) is 20.2 Å². The van der Waals surface area contributed by atoms with Gasteiger partial charge >= 0.3 is 8.56 Å². The summed E-state index contributed by atoms with van der Waals surface area (Å²) in [5.74, 6) is 0. The zero-order chi connectivity index (χ0) is 12.6. The van der Waals surface area contributed by atoms with Crippen molar-refractivity contribution in [1.29, 1.82) is 0 Å². The van der Waals surface area contributed by atoms with E-state index in [9.17, 15) is 0 Å². The molecule has 0 saturated heterocycles. The van der Waals surface area contributed by atoms with Crippen LogP contribution in [-0.4, -0.2) is 29.7 Å². The minimum absolute atomic E-state index is 0. The Labute approximate surface area is 172 Å². The maximum Gasteiger partial charge on any atom is 1.00 e. The van der Waals surface area contributed by atoms with Crippen molar-refractivity contribution in [3.05, 3.63) is 0 Å². The van der Waals surface area contributed by atoms with Crippen molar-refractivity contribution < 1.29 is 137 Å². The summed E-state index contributed by atoms with van der Waals surface area (Å²) in [6.45, 7) is 0. The minimum atomic E-state index is -4.33. The lowest BCUT2D eigenvalue weighted by Gasteiger charge is -2.12. The second-order valence-corrected chi connectivity index (χ2v) is 3.02. The van der Waals surface area contributed by atoms with Crippen molar-refractivity contribution in [3.63, 3.8) is 0 Å². The third-order valence-corrected chi connectivity index (χ3v) is 0. The van der Waals surface area contributed by atoms with Crippen molar-refractivity contribution in [2.45, 2.75) is 14.9 Å². The van der Waals surface area contributed by atoms with Crippen molar-refractivity contribution in [2.75, 3.05) is 0 Å². The van der Waals surface area contributed by atoms with Gasteiger partial charge in [0, 0.05) is 0 Å². The highest BCUT2D eigenvalue weighted by Crippen LogP contribution is 1.60. The molecule has 0 unspecified atom stereocenters. The molecular formula is C2H20Cl6O12S2-2. The lowest BCUT2D eigenvalue weighted by molar-refractivity contribution is -1.41. The SMILES string of the molecule is C.C.O.O.O.O=S([O-])([O-])=S.[Cl-].[Cl-].[Cl-].[H+].[H+].[H+].[H+].[H+].[H+].[O-][Cl+][O-].[O-][Cl+][O-].[O-][Cl+][O-]. The molecule has 0 fully saturated rings. The molecule has 0 atom stereocenters. The average molecular weight is 513 g/mol. The van der Waals surface area contributed by atoms with Crippen LogP contribution in [0.15, 0.2) is 0 Å². The Hall–Kier alpha value is 1.67. The van der Waals surface area contributed by atoms with Crippen LogP contribution in [0.5, 0.6) is 0 Å². The molecule has 22 heavy (non-hydrogen) atoms. The number of hydrogen-bond donors (Lipinski definition) is 0. The Morgan fingerprint density at radius 1 is 0.682 bits per heavy atom. The standard InChI is InChI=1S/2CH4.3ClO2.3ClH.H2O3S2.3H2O/c;;3*2-1-3;;;;1-5(2,3)4;;;/h2*1H4;;;;3*1H;(H2,1,2,3,4);3*1H2/q;;3*-1;;;;;;;/p+1. The summed E-state index contributed by atoms with van der Waals surface area (Å²) < 4.78 is 76.1. The Morgan fingerprint density at radius 2 is 0.682 bits per heavy atom. The van der Waals surface area contributed by atoms with E-state index in [-0.39, 0.29) is 77.1 Å². The van der Waals surface area contributed by atoms with Crippen LogP contribution in [0.4, 0.5) is 0 Å². The van der Waals surface area contributed by atoms with E-state index in [0.29, 0.717) is 0 Å². The molecule has 0 aromatic carbocycles. The number of rotatable bonds is 0. The molecule has 0 rings (SSSR count). The third kappa shape index (κ3) is 3320. The maximum atomic E-state index is 8.89. The molecule has 0 aliphatic rings. The first-order valence-electron chi connectivity index (χ1n) is 1.59. The van der Waals surface area contributed by atoms with E-state index >= 15 is 0 Å². The van der Waals surface area contributed by atoms with Gasteiger partial charge in [0.1, 0.15) is 0 Å². The molecule has 0 aromatic heterocycles. The molecule has 0 saturated carbocycles. The van der Waals surface area contributed by atoms with Gasteiger partial charge in [-0.1, -0.05) is 14.9 Å². The topological polar surface area (TPSA) is 296 Å². The van der Waals surface area contributed by atoms with Gasteiger partial charge in [0.2, 0.25) is 0 Å². The van der Waals surface area contributed by atoms with Gasteiger partial charge in [0.05, 0.1) is 34.0 Å². The quantitative estimate of drug-likeness (QED) is 0.294. The highest BCUT2D eigenvalue weighted by Gasteiger charge is 1.43. The monoisotopic (exact) mass is 510 g/mol. The van der Waals surface area contributed by atoms with E-state index in [1.807, 2.05) is 0 Å². The van der Waals surface area contributed by atoms with Crippen LogP contribution in [0.3, 0.4) is 0 Å². The molecular weight excluding hydrogens is 493 g/mol. The number of hydrogen-bond acceptors (Lipinski definition) is 10. The van der Waals surface area contributed by atoms with Gasteiger partial charge < -0.3 is 90.7 Å². The Morgan fingerprint density at radius 3 is 0.682 bits per heavy atom. The lowest BCUT2D eigenvalue weighted by atomic mass is 12.0. The van der Waals surface area contributed by atoms with Gasteiger partial charge in [0.25, 0.3) is 0 Å². The second-order valence-electron chi connectivity index (χ2n) is 0.597. The van der Waals surface area contributed by atoms with Gasteiger partial charge in [-0.3, -0.25) is 4.21 Å². The van der Waals surface area contributed by atoms with Gasteiger partial charge in [-0.05, 0) is 11.2 Å². The van der Waals surface area contributed by atoms with E-state index in [2.05, 4.69) is 11.2 Å². The van der Waals surface area contributed by atoms with Crippen molar-refractivity contribution >= 4 is 20.2 Å². The summed E-state index contributed by atoms with van der Waals surface area (Å²) in [4.78, 5) is 0. The Kier molecular flexibility index (Phi) is 380. The summed E-state index contributed by atoms with van der Waals surface area (Å²) >= 11 is 1.99. The van der Waals surface area contributed by atoms with E-state index < -0.39 is 43.0 Å². The van der Waals surface area contributed by atoms with E-state index in [1.165, 1.54) is 0 Å². The highest BCUT2D eigenvalue weighted by atomic mass is 35.6. The molecule has 0 aliphatic heterocycles. The number of halogens is 6. The molecule has 0 heterocycles. The molecule has 6 N–H and O–H groups in total. The van der Waals surface area contributed by atoms with Crippen molar-refractivity contribution in [2.24, 2.45) is 0 Å². The molecule has 0 amide bonds. The van der Waals surface area contributed by atoms with Crippen LogP contribution < -0.4 is 65.2 Å². The molecule has 0 aliphatic carbocycles. The maximum absolute atomic E-state index is 8.89. The smallest absolute Gasteiger partial charge is 1.00 e. The summed E-state index contributed by atoms with van der Waals surface area (Å²) in [7, 11) is -4.33. The molecule has 0 radical (unpaired) electrons. The molecule has 12 nitrogen and oxygen atoms in total. The summed E-state index contributed by atoms with van der Waals surface area (Å²) in [5, 5.41) is 0. The van der Waals surface area contributed by atoms with Gasteiger partial charge in [-0.15, -0.1) is 9.05 Å². The van der Waals surface area contributed by atoms with Crippen molar-refractivity contribution in [1.82, 2.24) is 0 Å². The Balaban J connectivity index is -0.00000000259. The van der Waals surface area contributed by atoms with Gasteiger partial charge in [-0.2, -0.15) is 0 Å². The van der Waals surface area contributed by atoms with Crippen LogP contribution in [0.1, 0.15) is 23.4 Å². The van der Waals surface area contributed by atoms with Crippen molar-refractivity contribution in [3.8, 4) is 0 Å².